The maximum atomic E-state index is 11.8. The zero-order valence-electron chi connectivity index (χ0n) is 11.0. The molecule has 0 aliphatic heterocycles. The molecule has 7 heteroatoms. The molecule has 0 radical (unpaired) electrons. The number of thiazole rings is 1. The van der Waals surface area contributed by atoms with Crippen LogP contribution in [0, 0.1) is 0 Å². The number of halogens is 2. The van der Waals surface area contributed by atoms with Crippen LogP contribution in [0.25, 0.3) is 0 Å². The SMILES string of the molecule is O=C(COc1ccc(Cl)c(Cl)c1)Nc1nc2c(s1)CCC2. The molecule has 1 N–H and O–H groups in total. The maximum absolute atomic E-state index is 11.8. The summed E-state index contributed by atoms with van der Waals surface area (Å²) in [6.07, 6.45) is 3.22. The van der Waals surface area contributed by atoms with Crippen LogP contribution in [0.3, 0.4) is 0 Å². The Balaban J connectivity index is 1.55. The summed E-state index contributed by atoms with van der Waals surface area (Å²) in [5.41, 5.74) is 1.11. The second-order valence-electron chi connectivity index (χ2n) is 4.66. The van der Waals surface area contributed by atoms with Crippen molar-refractivity contribution in [3.63, 3.8) is 0 Å². The van der Waals surface area contributed by atoms with Gasteiger partial charge in [-0.3, -0.25) is 10.1 Å². The second-order valence-corrected chi connectivity index (χ2v) is 6.55. The van der Waals surface area contributed by atoms with Gasteiger partial charge in [-0.1, -0.05) is 23.2 Å². The smallest absolute Gasteiger partial charge is 0.264 e. The standard InChI is InChI=1S/C14H12Cl2N2O2S/c15-9-5-4-8(6-10(9)16)20-7-13(19)18-14-17-11-2-1-3-12(11)21-14/h4-6H,1-3,7H2,(H,17,18,19). The average molecular weight is 343 g/mol. The number of fused-ring (bicyclic) bond motifs is 1. The number of carbonyl (C=O) groups is 1. The van der Waals surface area contributed by atoms with E-state index in [4.69, 9.17) is 27.9 Å². The predicted molar refractivity (Wildman–Crippen MR) is 84.7 cm³/mol. The van der Waals surface area contributed by atoms with Gasteiger partial charge in [0, 0.05) is 10.9 Å². The van der Waals surface area contributed by atoms with Gasteiger partial charge < -0.3 is 4.74 Å². The molecule has 0 saturated heterocycles. The van der Waals surface area contributed by atoms with Crippen LogP contribution in [-0.4, -0.2) is 17.5 Å². The van der Waals surface area contributed by atoms with E-state index in [1.807, 2.05) is 0 Å². The second kappa shape index (κ2) is 6.22. The first kappa shape index (κ1) is 14.6. The van der Waals surface area contributed by atoms with Gasteiger partial charge in [0.1, 0.15) is 5.75 Å². The van der Waals surface area contributed by atoms with Gasteiger partial charge in [0.2, 0.25) is 0 Å². The monoisotopic (exact) mass is 342 g/mol. The van der Waals surface area contributed by atoms with E-state index in [1.165, 1.54) is 16.2 Å². The molecule has 0 atom stereocenters. The lowest BCUT2D eigenvalue weighted by atomic mass is 10.3. The van der Waals surface area contributed by atoms with Crippen LogP contribution in [0.2, 0.25) is 10.0 Å². The number of anilines is 1. The minimum Gasteiger partial charge on any atom is -0.484 e. The molecule has 110 valence electrons. The number of amides is 1. The van der Waals surface area contributed by atoms with Crippen molar-refractivity contribution in [2.45, 2.75) is 19.3 Å². The fraction of sp³-hybridized carbons (Fsp3) is 0.286. The summed E-state index contributed by atoms with van der Waals surface area (Å²) in [4.78, 5) is 17.5. The van der Waals surface area contributed by atoms with Crippen molar-refractivity contribution in [1.29, 1.82) is 0 Å². The first-order valence-corrected chi connectivity index (χ1v) is 8.05. The number of carbonyl (C=O) groups excluding carboxylic acids is 1. The largest absolute Gasteiger partial charge is 0.484 e. The van der Waals surface area contributed by atoms with Crippen molar-refractivity contribution in [2.75, 3.05) is 11.9 Å². The third-order valence-corrected chi connectivity index (χ3v) is 4.91. The Kier molecular flexibility index (Phi) is 4.33. The van der Waals surface area contributed by atoms with Crippen molar-refractivity contribution in [3.05, 3.63) is 38.8 Å². The molecule has 4 nitrogen and oxygen atoms in total. The summed E-state index contributed by atoms with van der Waals surface area (Å²) in [6.45, 7) is -0.0950. The van der Waals surface area contributed by atoms with Gasteiger partial charge in [-0.25, -0.2) is 4.98 Å². The highest BCUT2D eigenvalue weighted by Gasteiger charge is 2.17. The number of aromatic nitrogens is 1. The molecule has 21 heavy (non-hydrogen) atoms. The Labute approximate surface area is 136 Å². The molecule has 0 spiro atoms. The van der Waals surface area contributed by atoms with Crippen molar-refractivity contribution in [3.8, 4) is 5.75 Å². The number of benzene rings is 1. The van der Waals surface area contributed by atoms with E-state index < -0.39 is 0 Å². The van der Waals surface area contributed by atoms with E-state index >= 15 is 0 Å². The third-order valence-electron chi connectivity index (χ3n) is 3.10. The molecule has 1 aliphatic carbocycles. The fourth-order valence-electron chi connectivity index (χ4n) is 2.11. The first-order chi connectivity index (χ1) is 10.1. The molecule has 1 aromatic carbocycles. The molecular weight excluding hydrogens is 331 g/mol. The van der Waals surface area contributed by atoms with E-state index in [2.05, 4.69) is 10.3 Å². The van der Waals surface area contributed by atoms with Gasteiger partial charge in [-0.15, -0.1) is 11.3 Å². The van der Waals surface area contributed by atoms with E-state index in [-0.39, 0.29) is 12.5 Å². The number of aryl methyl sites for hydroxylation is 2. The summed E-state index contributed by atoms with van der Waals surface area (Å²) in [5, 5.41) is 4.24. The van der Waals surface area contributed by atoms with E-state index in [0.717, 1.165) is 25.0 Å². The van der Waals surface area contributed by atoms with Gasteiger partial charge in [0.15, 0.2) is 11.7 Å². The fourth-order valence-corrected chi connectivity index (χ4v) is 3.47. The van der Waals surface area contributed by atoms with Crippen molar-refractivity contribution in [2.24, 2.45) is 0 Å². The third kappa shape index (κ3) is 3.48. The molecule has 1 amide bonds. The summed E-state index contributed by atoms with van der Waals surface area (Å²) < 4.78 is 5.37. The average Bonchev–Trinajstić information content (AvgIpc) is 3.01. The lowest BCUT2D eigenvalue weighted by Gasteiger charge is -2.06. The molecule has 3 rings (SSSR count). The highest BCUT2D eigenvalue weighted by molar-refractivity contribution is 7.15. The number of hydrogen-bond acceptors (Lipinski definition) is 4. The zero-order chi connectivity index (χ0) is 14.8. The van der Waals surface area contributed by atoms with Gasteiger partial charge in [-0.05, 0) is 31.4 Å². The lowest BCUT2D eigenvalue weighted by molar-refractivity contribution is -0.118. The highest BCUT2D eigenvalue weighted by atomic mass is 35.5. The van der Waals surface area contributed by atoms with Gasteiger partial charge in [0.05, 0.1) is 15.7 Å². The van der Waals surface area contributed by atoms with Gasteiger partial charge >= 0.3 is 0 Å². The van der Waals surface area contributed by atoms with E-state index in [1.54, 1.807) is 18.2 Å². The Morgan fingerprint density at radius 2 is 2.19 bits per heavy atom. The van der Waals surface area contributed by atoms with Crippen LogP contribution >= 0.6 is 34.5 Å². The molecule has 1 heterocycles. The number of ether oxygens (including phenoxy) is 1. The molecular formula is C14H12Cl2N2O2S. The van der Waals surface area contributed by atoms with Gasteiger partial charge in [0.25, 0.3) is 5.91 Å². The summed E-state index contributed by atoms with van der Waals surface area (Å²) in [7, 11) is 0. The molecule has 0 bridgehead atoms. The van der Waals surface area contributed by atoms with Crippen LogP contribution in [0.1, 0.15) is 17.0 Å². The predicted octanol–water partition coefficient (Wildman–Crippen LogP) is 3.96. The highest BCUT2D eigenvalue weighted by Crippen LogP contribution is 2.30. The van der Waals surface area contributed by atoms with Crippen LogP contribution in [-0.2, 0) is 17.6 Å². The van der Waals surface area contributed by atoms with Crippen LogP contribution in [0.4, 0.5) is 5.13 Å². The van der Waals surface area contributed by atoms with Gasteiger partial charge in [-0.2, -0.15) is 0 Å². The Bertz CT molecular complexity index is 666. The minimum absolute atomic E-state index is 0.0950. The maximum Gasteiger partial charge on any atom is 0.264 e. The van der Waals surface area contributed by atoms with Crippen molar-refractivity contribution >= 4 is 45.6 Å². The van der Waals surface area contributed by atoms with Crippen molar-refractivity contribution < 1.29 is 9.53 Å². The minimum atomic E-state index is -0.242. The summed E-state index contributed by atoms with van der Waals surface area (Å²) in [5.74, 6) is 0.259. The summed E-state index contributed by atoms with van der Waals surface area (Å²) >= 11 is 13.2. The normalized spacial score (nSPS) is 13.0. The molecule has 0 saturated carbocycles. The lowest BCUT2D eigenvalue weighted by Crippen LogP contribution is -2.20. The molecule has 0 unspecified atom stereocenters. The number of rotatable bonds is 4. The Morgan fingerprint density at radius 3 is 2.95 bits per heavy atom. The quantitative estimate of drug-likeness (QED) is 0.914. The number of hydrogen-bond donors (Lipinski definition) is 1. The molecule has 1 aliphatic rings. The topological polar surface area (TPSA) is 51.2 Å². The molecule has 0 fully saturated rings. The number of nitrogens with zero attached hydrogens (tertiary/aromatic N) is 1. The first-order valence-electron chi connectivity index (χ1n) is 6.48. The Hall–Kier alpha value is -1.30. The van der Waals surface area contributed by atoms with Crippen molar-refractivity contribution in [1.82, 2.24) is 4.98 Å². The van der Waals surface area contributed by atoms with E-state index in [9.17, 15) is 4.79 Å². The van der Waals surface area contributed by atoms with E-state index in [0.29, 0.717) is 20.9 Å². The zero-order valence-corrected chi connectivity index (χ0v) is 13.3. The number of nitrogens with one attached hydrogen (secondary N) is 1. The molecule has 2 aromatic rings. The van der Waals surface area contributed by atoms with Crippen LogP contribution < -0.4 is 10.1 Å². The van der Waals surface area contributed by atoms with Crippen LogP contribution in [0.15, 0.2) is 18.2 Å². The van der Waals surface area contributed by atoms with Crippen LogP contribution in [0.5, 0.6) is 5.75 Å². The Morgan fingerprint density at radius 1 is 1.33 bits per heavy atom. The summed E-state index contributed by atoms with van der Waals surface area (Å²) in [6, 6.07) is 4.87. The molecule has 1 aromatic heterocycles.